The molecule has 0 spiro atoms. The molecule has 0 unspecified atom stereocenters. The zero-order valence-electron chi connectivity index (χ0n) is 13.6. The maximum Gasteiger partial charge on any atom is 0.292 e. The summed E-state index contributed by atoms with van der Waals surface area (Å²) in [4.78, 5) is 8.77. The molecule has 4 aromatic rings. The van der Waals surface area contributed by atoms with Crippen molar-refractivity contribution in [2.24, 2.45) is 0 Å². The maximum absolute atomic E-state index is 14.7. The first-order valence-electron chi connectivity index (χ1n) is 8.29. The van der Waals surface area contributed by atoms with E-state index >= 15 is 0 Å². The van der Waals surface area contributed by atoms with Crippen LogP contribution in [0.25, 0.3) is 33.5 Å². The fourth-order valence-electron chi connectivity index (χ4n) is 3.40. The van der Waals surface area contributed by atoms with E-state index in [0.717, 1.165) is 24.9 Å². The number of imidazole rings is 1. The number of anilines is 1. The lowest BCUT2D eigenvalue weighted by Crippen LogP contribution is -2.09. The van der Waals surface area contributed by atoms with E-state index in [-0.39, 0.29) is 11.8 Å². The predicted octanol–water partition coefficient (Wildman–Crippen LogP) is 4.50. The Kier molecular flexibility index (Phi) is 3.43. The molecule has 0 amide bonds. The Balaban J connectivity index is 1.81. The van der Waals surface area contributed by atoms with Gasteiger partial charge < -0.3 is 19.5 Å². The van der Waals surface area contributed by atoms with Crippen molar-refractivity contribution in [3.8, 4) is 17.1 Å². The van der Waals surface area contributed by atoms with Crippen LogP contribution in [-0.4, -0.2) is 21.1 Å². The molecule has 0 aliphatic carbocycles. The van der Waals surface area contributed by atoms with Crippen LogP contribution in [0.5, 0.6) is 5.75 Å². The van der Waals surface area contributed by atoms with Gasteiger partial charge in [0.05, 0.1) is 11.1 Å². The Morgan fingerprint density at radius 3 is 2.96 bits per heavy atom. The van der Waals surface area contributed by atoms with Crippen molar-refractivity contribution in [1.82, 2.24) is 14.5 Å². The van der Waals surface area contributed by atoms with Crippen molar-refractivity contribution in [2.45, 2.75) is 19.4 Å². The summed E-state index contributed by atoms with van der Waals surface area (Å²) >= 11 is 3.26. The highest BCUT2D eigenvalue weighted by Gasteiger charge is 2.23. The number of aryl methyl sites for hydroxylation is 1. The van der Waals surface area contributed by atoms with Gasteiger partial charge in [-0.15, -0.1) is 0 Å². The van der Waals surface area contributed by atoms with Gasteiger partial charge in [0.1, 0.15) is 28.1 Å². The average Bonchev–Trinajstić information content (AvgIpc) is 3.15. The topological polar surface area (TPSA) is 79.1 Å². The van der Waals surface area contributed by atoms with E-state index in [1.165, 1.54) is 0 Å². The monoisotopic (exact) mass is 416 g/mol. The molecular formula is C18H14BrFN4O2. The van der Waals surface area contributed by atoms with Crippen LogP contribution in [0.3, 0.4) is 0 Å². The molecule has 26 heavy (non-hydrogen) atoms. The minimum absolute atomic E-state index is 0.116. The van der Waals surface area contributed by atoms with Crippen LogP contribution < -0.4 is 10.5 Å². The van der Waals surface area contributed by atoms with Crippen molar-refractivity contribution in [3.63, 3.8) is 0 Å². The predicted molar refractivity (Wildman–Crippen MR) is 99.5 cm³/mol. The standard InChI is InChI=1S/C18H14BrFN4O2/c19-10-8-13-16-15(14(10)20)23-17(24(16)5-1-2-6-25-13)9-3-4-12-11(7-9)22-18(21)26-12/h3-4,7-8H,1-2,5-6H2,(H2,21,22). The van der Waals surface area contributed by atoms with Crippen molar-refractivity contribution in [2.75, 3.05) is 12.3 Å². The number of hydrogen-bond donors (Lipinski definition) is 1. The number of benzene rings is 2. The molecule has 1 aliphatic rings. The van der Waals surface area contributed by atoms with Gasteiger partial charge in [-0.3, -0.25) is 0 Å². The molecule has 2 N–H and O–H groups in total. The highest BCUT2D eigenvalue weighted by atomic mass is 79.9. The van der Waals surface area contributed by atoms with E-state index in [9.17, 15) is 4.39 Å². The molecule has 1 aliphatic heterocycles. The van der Waals surface area contributed by atoms with Crippen molar-refractivity contribution >= 4 is 44.1 Å². The van der Waals surface area contributed by atoms with E-state index in [1.54, 1.807) is 12.1 Å². The number of fused-ring (bicyclic) bond motifs is 1. The number of nitrogens with zero attached hydrogens (tertiary/aromatic N) is 3. The van der Waals surface area contributed by atoms with Crippen LogP contribution >= 0.6 is 15.9 Å². The fraction of sp³-hybridized carbons (Fsp3) is 0.222. The lowest BCUT2D eigenvalue weighted by atomic mass is 10.2. The molecule has 2 aromatic heterocycles. The van der Waals surface area contributed by atoms with Gasteiger partial charge >= 0.3 is 0 Å². The number of nitrogens with two attached hydrogens (primary N) is 1. The lowest BCUT2D eigenvalue weighted by Gasteiger charge is -2.16. The van der Waals surface area contributed by atoms with Gasteiger partial charge in [-0.05, 0) is 53.0 Å². The highest BCUT2D eigenvalue weighted by Crippen LogP contribution is 2.38. The fourth-order valence-corrected chi connectivity index (χ4v) is 3.80. The van der Waals surface area contributed by atoms with E-state index in [1.807, 2.05) is 16.7 Å². The number of nitrogen functional groups attached to an aromatic ring is 1. The van der Waals surface area contributed by atoms with E-state index < -0.39 is 0 Å². The van der Waals surface area contributed by atoms with Gasteiger partial charge in [-0.25, -0.2) is 9.37 Å². The zero-order valence-corrected chi connectivity index (χ0v) is 15.2. The third-order valence-electron chi connectivity index (χ3n) is 4.57. The van der Waals surface area contributed by atoms with Crippen LogP contribution in [0.15, 0.2) is 33.2 Å². The molecule has 132 valence electrons. The number of halogens is 2. The van der Waals surface area contributed by atoms with Crippen LogP contribution in [0.1, 0.15) is 12.8 Å². The number of oxazole rings is 1. The summed E-state index contributed by atoms with van der Waals surface area (Å²) in [6.45, 7) is 1.35. The normalized spacial score (nSPS) is 14.4. The van der Waals surface area contributed by atoms with E-state index in [4.69, 9.17) is 14.9 Å². The molecule has 0 fully saturated rings. The molecular weight excluding hydrogens is 403 g/mol. The third-order valence-corrected chi connectivity index (χ3v) is 5.15. The average molecular weight is 417 g/mol. The summed E-state index contributed by atoms with van der Waals surface area (Å²) in [5, 5.41) is 0. The van der Waals surface area contributed by atoms with Gasteiger partial charge in [0.2, 0.25) is 0 Å². The quantitative estimate of drug-likeness (QED) is 0.494. The first-order chi connectivity index (χ1) is 12.6. The Morgan fingerprint density at radius 1 is 1.19 bits per heavy atom. The van der Waals surface area contributed by atoms with Crippen molar-refractivity contribution in [3.05, 3.63) is 34.6 Å². The number of ether oxygens (including phenoxy) is 1. The van der Waals surface area contributed by atoms with Crippen LogP contribution in [0, 0.1) is 5.82 Å². The molecule has 3 heterocycles. The molecule has 0 atom stereocenters. The van der Waals surface area contributed by atoms with Crippen molar-refractivity contribution < 1.29 is 13.5 Å². The minimum Gasteiger partial charge on any atom is -0.491 e. The highest BCUT2D eigenvalue weighted by molar-refractivity contribution is 9.10. The Hall–Kier alpha value is -2.61. The first-order valence-corrected chi connectivity index (χ1v) is 9.08. The summed E-state index contributed by atoms with van der Waals surface area (Å²) < 4.78 is 28.3. The molecule has 0 saturated carbocycles. The Bertz CT molecular complexity index is 1170. The first kappa shape index (κ1) is 15.6. The van der Waals surface area contributed by atoms with Crippen LogP contribution in [0.4, 0.5) is 10.4 Å². The summed E-state index contributed by atoms with van der Waals surface area (Å²) in [6.07, 6.45) is 1.85. The minimum atomic E-state index is -0.389. The summed E-state index contributed by atoms with van der Waals surface area (Å²) in [5.74, 6) is 0.922. The number of hydrogen-bond acceptors (Lipinski definition) is 5. The summed E-state index contributed by atoms with van der Waals surface area (Å²) in [6, 6.07) is 7.32. The van der Waals surface area contributed by atoms with Gasteiger partial charge in [0.15, 0.2) is 11.4 Å². The molecule has 0 saturated heterocycles. The SMILES string of the molecule is Nc1nc2cc(-c3nc4c(F)c(Br)cc5c4n3CCCCO5)ccc2o1. The van der Waals surface area contributed by atoms with E-state index in [2.05, 4.69) is 25.9 Å². The number of aromatic nitrogens is 3. The van der Waals surface area contributed by atoms with Gasteiger partial charge in [0.25, 0.3) is 6.01 Å². The zero-order chi connectivity index (χ0) is 17.8. The largest absolute Gasteiger partial charge is 0.491 e. The molecule has 6 nitrogen and oxygen atoms in total. The van der Waals surface area contributed by atoms with Crippen LogP contribution in [-0.2, 0) is 6.54 Å². The summed E-state index contributed by atoms with van der Waals surface area (Å²) in [7, 11) is 0. The molecule has 8 heteroatoms. The molecule has 0 radical (unpaired) electrons. The van der Waals surface area contributed by atoms with Gasteiger partial charge in [0, 0.05) is 12.1 Å². The van der Waals surface area contributed by atoms with Gasteiger partial charge in [-0.1, -0.05) is 0 Å². The molecule has 5 rings (SSSR count). The maximum atomic E-state index is 14.7. The summed E-state index contributed by atoms with van der Waals surface area (Å²) in [5.41, 5.74) is 8.68. The molecule has 2 aromatic carbocycles. The lowest BCUT2D eigenvalue weighted by molar-refractivity contribution is 0.299. The smallest absolute Gasteiger partial charge is 0.292 e. The van der Waals surface area contributed by atoms with Crippen LogP contribution in [0.2, 0.25) is 0 Å². The van der Waals surface area contributed by atoms with Gasteiger partial charge in [-0.2, -0.15) is 4.98 Å². The second-order valence-electron chi connectivity index (χ2n) is 6.24. The molecule has 0 bridgehead atoms. The second-order valence-corrected chi connectivity index (χ2v) is 7.10. The second kappa shape index (κ2) is 5.70. The van der Waals surface area contributed by atoms with E-state index in [0.29, 0.717) is 44.8 Å². The Morgan fingerprint density at radius 2 is 2.08 bits per heavy atom. The van der Waals surface area contributed by atoms with Crippen molar-refractivity contribution in [1.29, 1.82) is 0 Å². The Labute approximate surface area is 155 Å². The third kappa shape index (κ3) is 2.28. The number of rotatable bonds is 1.